The normalized spacial score (nSPS) is 16.3. The van der Waals surface area contributed by atoms with Crippen LogP contribution in [0.3, 0.4) is 0 Å². The number of benzene rings is 5. The lowest BCUT2D eigenvalue weighted by Crippen LogP contribution is -2.31. The standard InChI is InChI=1S/C36H28N2/c1-35(2)25-15-9-13-23-21-11-5-7-17-29(21)37(33(23)25)31-20-28-32(19-27(31)35)38-30-18-8-6-12-22(30)24-14-10-16-26(34(24)38)36(28,3)4/h5-20H,1-4H3. The predicted molar refractivity (Wildman–Crippen MR) is 159 cm³/mol. The van der Waals surface area contributed by atoms with Crippen LogP contribution in [0.1, 0.15) is 49.9 Å². The molecule has 38 heavy (non-hydrogen) atoms. The molecule has 0 radical (unpaired) electrons. The van der Waals surface area contributed by atoms with Crippen molar-refractivity contribution in [1.82, 2.24) is 9.13 Å². The molecule has 0 saturated heterocycles. The molecule has 2 aromatic heterocycles. The van der Waals surface area contributed by atoms with Crippen molar-refractivity contribution in [3.05, 3.63) is 119 Å². The fourth-order valence-electron chi connectivity index (χ4n) is 7.78. The summed E-state index contributed by atoms with van der Waals surface area (Å²) in [7, 11) is 0. The maximum atomic E-state index is 2.54. The first-order chi connectivity index (χ1) is 18.4. The third kappa shape index (κ3) is 2.16. The fraction of sp³-hybridized carbons (Fsp3) is 0.167. The van der Waals surface area contributed by atoms with E-state index in [2.05, 4.69) is 134 Å². The molecule has 0 saturated carbocycles. The molecule has 5 aromatic carbocycles. The van der Waals surface area contributed by atoms with Crippen LogP contribution in [-0.4, -0.2) is 9.13 Å². The van der Waals surface area contributed by atoms with Gasteiger partial charge in [0, 0.05) is 32.4 Å². The van der Waals surface area contributed by atoms with E-state index in [1.807, 2.05) is 0 Å². The largest absolute Gasteiger partial charge is 0.309 e. The Morgan fingerprint density at radius 3 is 1.26 bits per heavy atom. The number of hydrogen-bond acceptors (Lipinski definition) is 0. The van der Waals surface area contributed by atoms with Gasteiger partial charge in [-0.15, -0.1) is 0 Å². The Morgan fingerprint density at radius 2 is 0.816 bits per heavy atom. The molecule has 2 aliphatic heterocycles. The number of para-hydroxylation sites is 4. The van der Waals surface area contributed by atoms with Crippen LogP contribution in [-0.2, 0) is 10.8 Å². The first-order valence-corrected chi connectivity index (χ1v) is 13.6. The van der Waals surface area contributed by atoms with Gasteiger partial charge in [-0.2, -0.15) is 0 Å². The van der Waals surface area contributed by atoms with Gasteiger partial charge >= 0.3 is 0 Å². The zero-order valence-corrected chi connectivity index (χ0v) is 22.1. The Balaban J connectivity index is 1.51. The van der Waals surface area contributed by atoms with Gasteiger partial charge in [0.2, 0.25) is 0 Å². The minimum Gasteiger partial charge on any atom is -0.309 e. The van der Waals surface area contributed by atoms with Crippen molar-refractivity contribution < 1.29 is 0 Å². The number of nitrogens with zero attached hydrogens (tertiary/aromatic N) is 2. The summed E-state index contributed by atoms with van der Waals surface area (Å²) in [5.41, 5.74) is 13.2. The number of fused-ring (bicyclic) bond motifs is 10. The highest BCUT2D eigenvalue weighted by atomic mass is 15.0. The maximum absolute atomic E-state index is 2.54. The van der Waals surface area contributed by atoms with Gasteiger partial charge in [0.15, 0.2) is 0 Å². The number of aromatic nitrogens is 2. The van der Waals surface area contributed by atoms with Crippen molar-refractivity contribution in [1.29, 1.82) is 0 Å². The van der Waals surface area contributed by atoms with Gasteiger partial charge in [0.25, 0.3) is 0 Å². The molecular formula is C36H28N2. The van der Waals surface area contributed by atoms with Crippen molar-refractivity contribution in [2.24, 2.45) is 0 Å². The third-order valence-corrected chi connectivity index (χ3v) is 9.68. The second-order valence-corrected chi connectivity index (χ2v) is 12.2. The quantitative estimate of drug-likeness (QED) is 0.201. The summed E-state index contributed by atoms with van der Waals surface area (Å²) < 4.78 is 5.08. The molecule has 0 bridgehead atoms. The summed E-state index contributed by atoms with van der Waals surface area (Å²) in [6.07, 6.45) is 0. The number of rotatable bonds is 0. The Kier molecular flexibility index (Phi) is 3.49. The Hall–Kier alpha value is -4.30. The molecule has 0 atom stereocenters. The lowest BCUT2D eigenvalue weighted by Gasteiger charge is -2.40. The van der Waals surface area contributed by atoms with Crippen LogP contribution in [0.5, 0.6) is 0 Å². The van der Waals surface area contributed by atoms with E-state index in [4.69, 9.17) is 0 Å². The monoisotopic (exact) mass is 488 g/mol. The minimum atomic E-state index is -0.128. The van der Waals surface area contributed by atoms with Crippen molar-refractivity contribution in [2.45, 2.75) is 38.5 Å². The van der Waals surface area contributed by atoms with Crippen LogP contribution in [0, 0.1) is 0 Å². The average molecular weight is 489 g/mol. The van der Waals surface area contributed by atoms with Crippen LogP contribution in [0.2, 0.25) is 0 Å². The maximum Gasteiger partial charge on any atom is 0.0582 e. The second-order valence-electron chi connectivity index (χ2n) is 12.2. The lowest BCUT2D eigenvalue weighted by atomic mass is 9.70. The van der Waals surface area contributed by atoms with Crippen molar-refractivity contribution in [3.63, 3.8) is 0 Å². The molecule has 4 heterocycles. The van der Waals surface area contributed by atoms with E-state index in [-0.39, 0.29) is 10.8 Å². The molecule has 0 spiro atoms. The van der Waals surface area contributed by atoms with Gasteiger partial charge in [-0.05, 0) is 46.5 Å². The SMILES string of the molecule is CC1(C)c2cc3c(cc2-n2c4ccccc4c4cccc1c42)C(C)(C)c1cccc2c4ccccc4n-3c12. The van der Waals surface area contributed by atoms with Gasteiger partial charge in [-0.3, -0.25) is 0 Å². The molecule has 7 aromatic rings. The van der Waals surface area contributed by atoms with Crippen LogP contribution < -0.4 is 0 Å². The van der Waals surface area contributed by atoms with Crippen LogP contribution in [0.4, 0.5) is 0 Å². The zero-order valence-electron chi connectivity index (χ0n) is 22.1. The Bertz CT molecular complexity index is 2020. The third-order valence-electron chi connectivity index (χ3n) is 9.68. The van der Waals surface area contributed by atoms with Gasteiger partial charge in [-0.25, -0.2) is 0 Å². The highest BCUT2D eigenvalue weighted by molar-refractivity contribution is 6.13. The van der Waals surface area contributed by atoms with E-state index in [1.165, 1.54) is 77.2 Å². The van der Waals surface area contributed by atoms with E-state index >= 15 is 0 Å². The van der Waals surface area contributed by atoms with Crippen molar-refractivity contribution in [3.8, 4) is 11.4 Å². The molecule has 2 aliphatic rings. The summed E-state index contributed by atoms with van der Waals surface area (Å²) in [5.74, 6) is 0. The summed E-state index contributed by atoms with van der Waals surface area (Å²) in [5, 5.41) is 5.34. The Morgan fingerprint density at radius 1 is 0.421 bits per heavy atom. The second kappa shape index (κ2) is 6.39. The van der Waals surface area contributed by atoms with Crippen LogP contribution >= 0.6 is 0 Å². The molecule has 0 fully saturated rings. The van der Waals surface area contributed by atoms with Gasteiger partial charge < -0.3 is 9.13 Å². The van der Waals surface area contributed by atoms with E-state index in [0.717, 1.165) is 0 Å². The Labute approximate surface area is 221 Å². The summed E-state index contributed by atoms with van der Waals surface area (Å²) in [6, 6.07) is 36.6. The molecule has 0 N–H and O–H groups in total. The molecular weight excluding hydrogens is 460 g/mol. The lowest BCUT2D eigenvalue weighted by molar-refractivity contribution is 0.610. The van der Waals surface area contributed by atoms with Gasteiger partial charge in [0.1, 0.15) is 0 Å². The highest BCUT2D eigenvalue weighted by Crippen LogP contribution is 2.53. The highest BCUT2D eigenvalue weighted by Gasteiger charge is 2.40. The van der Waals surface area contributed by atoms with E-state index in [1.54, 1.807) is 0 Å². The van der Waals surface area contributed by atoms with Crippen molar-refractivity contribution in [2.75, 3.05) is 0 Å². The topological polar surface area (TPSA) is 9.86 Å². The summed E-state index contributed by atoms with van der Waals surface area (Å²) in [6.45, 7) is 9.61. The molecule has 182 valence electrons. The van der Waals surface area contributed by atoms with E-state index in [9.17, 15) is 0 Å². The average Bonchev–Trinajstić information content (AvgIpc) is 3.44. The molecule has 9 rings (SSSR count). The van der Waals surface area contributed by atoms with E-state index < -0.39 is 0 Å². The van der Waals surface area contributed by atoms with Gasteiger partial charge in [-0.1, -0.05) is 100 Å². The summed E-state index contributed by atoms with van der Waals surface area (Å²) >= 11 is 0. The zero-order chi connectivity index (χ0) is 25.6. The molecule has 0 aliphatic carbocycles. The first-order valence-electron chi connectivity index (χ1n) is 13.6. The molecule has 0 amide bonds. The number of hydrogen-bond donors (Lipinski definition) is 0. The molecule has 2 nitrogen and oxygen atoms in total. The van der Waals surface area contributed by atoms with E-state index in [0.29, 0.717) is 0 Å². The first kappa shape index (κ1) is 20.7. The smallest absolute Gasteiger partial charge is 0.0582 e. The summed E-state index contributed by atoms with van der Waals surface area (Å²) in [4.78, 5) is 0. The van der Waals surface area contributed by atoms with Crippen molar-refractivity contribution >= 4 is 43.6 Å². The minimum absolute atomic E-state index is 0.128. The predicted octanol–water partition coefficient (Wildman–Crippen LogP) is 9.16. The fourth-order valence-corrected chi connectivity index (χ4v) is 7.78. The van der Waals surface area contributed by atoms with Gasteiger partial charge in [0.05, 0.1) is 33.4 Å². The van der Waals surface area contributed by atoms with Crippen LogP contribution in [0.15, 0.2) is 97.1 Å². The molecule has 2 heteroatoms. The van der Waals surface area contributed by atoms with Crippen LogP contribution in [0.25, 0.3) is 55.0 Å². The molecule has 0 unspecified atom stereocenters.